The van der Waals surface area contributed by atoms with Gasteiger partial charge in [-0.05, 0) is 12.1 Å². The van der Waals surface area contributed by atoms with Crippen LogP contribution in [-0.2, 0) is 6.54 Å². The van der Waals surface area contributed by atoms with Gasteiger partial charge in [-0.2, -0.15) is 15.4 Å². The van der Waals surface area contributed by atoms with Gasteiger partial charge in [0.1, 0.15) is 5.69 Å². The van der Waals surface area contributed by atoms with Crippen molar-refractivity contribution >= 4 is 17.0 Å². The van der Waals surface area contributed by atoms with Crippen LogP contribution in [0.4, 0.5) is 5.95 Å². The number of benzene rings is 1. The second-order valence-corrected chi connectivity index (χ2v) is 3.42. The fourth-order valence-electron chi connectivity index (χ4n) is 1.52. The minimum Gasteiger partial charge on any atom is -0.350 e. The highest BCUT2D eigenvalue weighted by Crippen LogP contribution is 2.13. The molecule has 2 aromatic heterocycles. The summed E-state index contributed by atoms with van der Waals surface area (Å²) < 4.78 is 0. The molecule has 1 aromatic carbocycles. The fraction of sp³-hybridized carbons (Fsp3) is 0.100. The molecule has 3 aromatic rings. The molecule has 0 unspecified atom stereocenters. The number of fused-ring (bicyclic) bond motifs is 1. The zero-order valence-corrected chi connectivity index (χ0v) is 8.44. The van der Waals surface area contributed by atoms with E-state index in [4.69, 9.17) is 0 Å². The minimum atomic E-state index is 0.594. The zero-order chi connectivity index (χ0) is 10.8. The Kier molecular flexibility index (Phi) is 2.03. The third-order valence-electron chi connectivity index (χ3n) is 2.29. The van der Waals surface area contributed by atoms with Crippen molar-refractivity contribution in [2.45, 2.75) is 6.54 Å². The van der Waals surface area contributed by atoms with E-state index in [9.17, 15) is 0 Å². The molecule has 0 aliphatic carbocycles. The Morgan fingerprint density at radius 3 is 3.00 bits per heavy atom. The lowest BCUT2D eigenvalue weighted by Crippen LogP contribution is -2.00. The van der Waals surface area contributed by atoms with Gasteiger partial charge in [-0.1, -0.05) is 12.1 Å². The second kappa shape index (κ2) is 3.65. The quantitative estimate of drug-likeness (QED) is 0.613. The number of para-hydroxylation sites is 2. The summed E-state index contributed by atoms with van der Waals surface area (Å²) >= 11 is 0. The molecular weight excluding hydrogens is 204 g/mol. The van der Waals surface area contributed by atoms with Crippen molar-refractivity contribution in [1.82, 2.24) is 25.4 Å². The van der Waals surface area contributed by atoms with Crippen molar-refractivity contribution in [2.75, 3.05) is 5.32 Å². The summed E-state index contributed by atoms with van der Waals surface area (Å²) in [6, 6.07) is 7.89. The van der Waals surface area contributed by atoms with Gasteiger partial charge in [-0.3, -0.25) is 0 Å². The fourth-order valence-corrected chi connectivity index (χ4v) is 1.52. The molecule has 0 saturated heterocycles. The smallest absolute Gasteiger partial charge is 0.201 e. The number of nitrogens with one attached hydrogen (secondary N) is 3. The normalized spacial score (nSPS) is 10.8. The summed E-state index contributed by atoms with van der Waals surface area (Å²) in [5.41, 5.74) is 2.82. The minimum absolute atomic E-state index is 0.594. The number of rotatable bonds is 3. The van der Waals surface area contributed by atoms with E-state index in [1.807, 2.05) is 24.3 Å². The topological polar surface area (TPSA) is 82.3 Å². The number of hydrogen-bond donors (Lipinski definition) is 3. The summed E-state index contributed by atoms with van der Waals surface area (Å²) in [4.78, 5) is 7.56. The molecule has 0 bridgehead atoms. The summed E-state index contributed by atoms with van der Waals surface area (Å²) in [6.45, 7) is 0.594. The summed E-state index contributed by atoms with van der Waals surface area (Å²) in [5, 5.41) is 13.4. The van der Waals surface area contributed by atoms with Crippen molar-refractivity contribution in [1.29, 1.82) is 0 Å². The van der Waals surface area contributed by atoms with Crippen molar-refractivity contribution in [2.24, 2.45) is 0 Å². The highest BCUT2D eigenvalue weighted by Gasteiger charge is 2.01. The molecule has 0 radical (unpaired) electrons. The SMILES string of the molecule is c1ccc2[nH]c(NCc3cn[nH]n3)nc2c1. The molecule has 0 aliphatic rings. The van der Waals surface area contributed by atoms with Gasteiger partial charge in [-0.25, -0.2) is 4.98 Å². The first-order chi connectivity index (χ1) is 7.92. The monoisotopic (exact) mass is 214 g/mol. The Morgan fingerprint density at radius 1 is 1.25 bits per heavy atom. The first-order valence-electron chi connectivity index (χ1n) is 4.95. The van der Waals surface area contributed by atoms with Gasteiger partial charge < -0.3 is 10.3 Å². The Bertz CT molecular complexity index is 549. The number of aromatic nitrogens is 5. The van der Waals surface area contributed by atoms with Gasteiger partial charge in [0.2, 0.25) is 5.95 Å². The van der Waals surface area contributed by atoms with Crippen molar-refractivity contribution in [3.05, 3.63) is 36.2 Å². The van der Waals surface area contributed by atoms with Crippen LogP contribution in [0.5, 0.6) is 0 Å². The predicted molar refractivity (Wildman–Crippen MR) is 59.8 cm³/mol. The largest absolute Gasteiger partial charge is 0.350 e. The van der Waals surface area contributed by atoms with Crippen LogP contribution in [0.3, 0.4) is 0 Å². The van der Waals surface area contributed by atoms with E-state index in [2.05, 4.69) is 30.7 Å². The lowest BCUT2D eigenvalue weighted by atomic mass is 10.3. The van der Waals surface area contributed by atoms with E-state index in [-0.39, 0.29) is 0 Å². The molecule has 0 aliphatic heterocycles. The highest BCUT2D eigenvalue weighted by atomic mass is 15.3. The van der Waals surface area contributed by atoms with Gasteiger partial charge in [-0.15, -0.1) is 0 Å². The predicted octanol–water partition coefficient (Wildman–Crippen LogP) is 1.29. The molecule has 6 heteroatoms. The lowest BCUT2D eigenvalue weighted by Gasteiger charge is -1.97. The number of nitrogens with zero attached hydrogens (tertiary/aromatic N) is 3. The molecule has 0 saturated carbocycles. The highest BCUT2D eigenvalue weighted by molar-refractivity contribution is 5.77. The molecule has 3 rings (SSSR count). The van der Waals surface area contributed by atoms with Crippen molar-refractivity contribution in [3.8, 4) is 0 Å². The average Bonchev–Trinajstić information content (AvgIpc) is 2.95. The molecule has 6 nitrogen and oxygen atoms in total. The van der Waals surface area contributed by atoms with E-state index in [1.165, 1.54) is 0 Å². The summed E-state index contributed by atoms with van der Waals surface area (Å²) in [5.74, 6) is 0.740. The van der Waals surface area contributed by atoms with Gasteiger partial charge in [0.05, 0.1) is 23.8 Å². The van der Waals surface area contributed by atoms with Crippen LogP contribution in [0.15, 0.2) is 30.5 Å². The van der Waals surface area contributed by atoms with Crippen LogP contribution >= 0.6 is 0 Å². The van der Waals surface area contributed by atoms with Crippen LogP contribution in [0.25, 0.3) is 11.0 Å². The van der Waals surface area contributed by atoms with Crippen molar-refractivity contribution in [3.63, 3.8) is 0 Å². The van der Waals surface area contributed by atoms with Crippen LogP contribution < -0.4 is 5.32 Å². The van der Waals surface area contributed by atoms with E-state index >= 15 is 0 Å². The first kappa shape index (κ1) is 8.90. The molecule has 16 heavy (non-hydrogen) atoms. The summed E-state index contributed by atoms with van der Waals surface area (Å²) in [6.07, 6.45) is 1.68. The van der Waals surface area contributed by atoms with Gasteiger partial charge in [0.25, 0.3) is 0 Å². The van der Waals surface area contributed by atoms with E-state index < -0.39 is 0 Å². The van der Waals surface area contributed by atoms with Gasteiger partial charge in [0.15, 0.2) is 0 Å². The first-order valence-corrected chi connectivity index (χ1v) is 4.95. The molecule has 0 atom stereocenters. The molecule has 3 N–H and O–H groups in total. The molecule has 0 spiro atoms. The van der Waals surface area contributed by atoms with Gasteiger partial charge >= 0.3 is 0 Å². The van der Waals surface area contributed by atoms with Crippen LogP contribution in [0.2, 0.25) is 0 Å². The summed E-state index contributed by atoms with van der Waals surface area (Å²) in [7, 11) is 0. The molecular formula is C10H10N6. The maximum absolute atomic E-state index is 4.39. The Labute approximate surface area is 91.1 Å². The number of hydrogen-bond acceptors (Lipinski definition) is 4. The number of imidazole rings is 1. The van der Waals surface area contributed by atoms with Crippen LogP contribution in [0, 0.1) is 0 Å². The van der Waals surface area contributed by atoms with E-state index in [0.717, 1.165) is 22.7 Å². The molecule has 80 valence electrons. The second-order valence-electron chi connectivity index (χ2n) is 3.42. The third-order valence-corrected chi connectivity index (χ3v) is 2.29. The maximum Gasteiger partial charge on any atom is 0.201 e. The van der Waals surface area contributed by atoms with Gasteiger partial charge in [0, 0.05) is 0 Å². The Hall–Kier alpha value is -2.37. The number of aromatic amines is 2. The zero-order valence-electron chi connectivity index (χ0n) is 8.44. The number of anilines is 1. The van der Waals surface area contributed by atoms with Crippen molar-refractivity contribution < 1.29 is 0 Å². The molecule has 2 heterocycles. The van der Waals surface area contributed by atoms with E-state index in [1.54, 1.807) is 6.20 Å². The number of H-pyrrole nitrogens is 2. The standard InChI is InChI=1S/C10H10N6/c1-2-4-9-8(3-1)13-10(14-9)11-5-7-6-12-16-15-7/h1-4,6H,5H2,(H2,11,13,14)(H,12,15,16). The lowest BCUT2D eigenvalue weighted by molar-refractivity contribution is 0.908. The maximum atomic E-state index is 4.39. The van der Waals surface area contributed by atoms with Crippen LogP contribution in [0.1, 0.15) is 5.69 Å². The Morgan fingerprint density at radius 2 is 2.19 bits per heavy atom. The third kappa shape index (κ3) is 1.60. The molecule has 0 amide bonds. The van der Waals surface area contributed by atoms with E-state index in [0.29, 0.717) is 6.54 Å². The Balaban J connectivity index is 1.79. The average molecular weight is 214 g/mol. The molecule has 0 fully saturated rings. The van der Waals surface area contributed by atoms with Crippen LogP contribution in [-0.4, -0.2) is 25.4 Å².